The molecule has 0 N–H and O–H groups in total. The van der Waals surface area contributed by atoms with Gasteiger partial charge >= 0.3 is 0 Å². The Morgan fingerprint density at radius 2 is 1.33 bits per heavy atom. The van der Waals surface area contributed by atoms with Crippen molar-refractivity contribution in [1.29, 1.82) is 0 Å². The van der Waals surface area contributed by atoms with Gasteiger partial charge in [-0.05, 0) is 65.9 Å². The zero-order chi connectivity index (χ0) is 22.2. The summed E-state index contributed by atoms with van der Waals surface area (Å²) >= 11 is 3.20. The van der Waals surface area contributed by atoms with Crippen LogP contribution in [0.1, 0.15) is 5.56 Å². The van der Waals surface area contributed by atoms with Gasteiger partial charge in [0.15, 0.2) is 5.17 Å². The van der Waals surface area contributed by atoms with Crippen molar-refractivity contribution < 1.29 is 4.79 Å². The lowest BCUT2D eigenvalue weighted by molar-refractivity contribution is -0.113. The highest BCUT2D eigenvalue weighted by Crippen LogP contribution is 2.38. The molecule has 6 rings (SSSR count). The Labute approximate surface area is 199 Å². The molecule has 1 aromatic heterocycles. The van der Waals surface area contributed by atoms with Gasteiger partial charge in [0.2, 0.25) is 0 Å². The largest absolute Gasteiger partial charge is 0.289 e. The number of carbonyl (C=O) groups is 1. The van der Waals surface area contributed by atoms with Crippen LogP contribution in [0.25, 0.3) is 26.2 Å². The van der Waals surface area contributed by atoms with E-state index >= 15 is 0 Å². The van der Waals surface area contributed by atoms with Crippen molar-refractivity contribution in [2.45, 2.75) is 0 Å². The van der Waals surface area contributed by atoms with E-state index in [9.17, 15) is 4.79 Å². The lowest BCUT2D eigenvalue weighted by Gasteiger charge is -2.23. The molecule has 1 aliphatic rings. The lowest BCUT2D eigenvalue weighted by atomic mass is 10.1. The maximum Gasteiger partial charge on any atom is 0.286 e. The third kappa shape index (κ3) is 3.75. The third-order valence-electron chi connectivity index (χ3n) is 5.53. The molecule has 1 amide bonds. The van der Waals surface area contributed by atoms with Crippen molar-refractivity contribution >= 4 is 71.8 Å². The number of amidine groups is 1. The molecule has 0 bridgehead atoms. The molecule has 0 spiro atoms. The molecule has 3 nitrogen and oxygen atoms in total. The standard InChI is InChI=1S/C28H18N2OS2/c31-27-26(18-19-15-16-25-23(17-19)22-13-7-8-14-24(22)32-25)33-28(29-27)30(20-9-3-1-4-10-20)21-11-5-2-6-12-21/h1-18H/b26-18+. The van der Waals surface area contributed by atoms with E-state index in [1.807, 2.05) is 71.6 Å². The summed E-state index contributed by atoms with van der Waals surface area (Å²) in [4.78, 5) is 20.0. The molecule has 0 aliphatic carbocycles. The lowest BCUT2D eigenvalue weighted by Crippen LogP contribution is -2.21. The molecule has 5 aromatic rings. The fourth-order valence-electron chi connectivity index (χ4n) is 4.00. The number of anilines is 2. The molecule has 5 heteroatoms. The minimum Gasteiger partial charge on any atom is -0.289 e. The number of benzene rings is 4. The number of aliphatic imine (C=N–C) groups is 1. The Morgan fingerprint density at radius 1 is 0.697 bits per heavy atom. The maximum absolute atomic E-state index is 12.9. The van der Waals surface area contributed by atoms with Crippen LogP contribution in [0.15, 0.2) is 113 Å². The molecular formula is C28H18N2OS2. The van der Waals surface area contributed by atoms with Gasteiger partial charge in [0.25, 0.3) is 5.91 Å². The van der Waals surface area contributed by atoms with E-state index in [0.717, 1.165) is 16.9 Å². The molecule has 0 radical (unpaired) electrons. The molecule has 0 saturated heterocycles. The monoisotopic (exact) mass is 462 g/mol. The molecule has 1 aliphatic heterocycles. The smallest absolute Gasteiger partial charge is 0.286 e. The summed E-state index contributed by atoms with van der Waals surface area (Å²) in [5.41, 5.74) is 2.94. The highest BCUT2D eigenvalue weighted by Gasteiger charge is 2.28. The van der Waals surface area contributed by atoms with Gasteiger partial charge in [-0.2, -0.15) is 4.99 Å². The number of hydrogen-bond donors (Lipinski definition) is 0. The number of thiophene rings is 1. The fraction of sp³-hybridized carbons (Fsp3) is 0. The molecule has 158 valence electrons. The molecule has 2 heterocycles. The molecule has 0 atom stereocenters. The minimum atomic E-state index is -0.206. The first kappa shape index (κ1) is 20.0. The second-order valence-electron chi connectivity index (χ2n) is 7.67. The number of carbonyl (C=O) groups excluding carboxylic acids is 1. The van der Waals surface area contributed by atoms with Crippen LogP contribution in [0.5, 0.6) is 0 Å². The topological polar surface area (TPSA) is 32.7 Å². The average molecular weight is 463 g/mol. The number of nitrogens with zero attached hydrogens (tertiary/aromatic N) is 2. The van der Waals surface area contributed by atoms with Crippen LogP contribution in [-0.4, -0.2) is 11.1 Å². The van der Waals surface area contributed by atoms with Gasteiger partial charge in [0.05, 0.1) is 4.91 Å². The number of rotatable bonds is 3. The van der Waals surface area contributed by atoms with E-state index in [4.69, 9.17) is 0 Å². The summed E-state index contributed by atoms with van der Waals surface area (Å²) in [6.45, 7) is 0. The number of thioether (sulfide) groups is 1. The second kappa shape index (κ2) is 8.35. The van der Waals surface area contributed by atoms with Gasteiger partial charge in [-0.15, -0.1) is 11.3 Å². The Bertz CT molecular complexity index is 1510. The van der Waals surface area contributed by atoms with Gasteiger partial charge in [0, 0.05) is 31.5 Å². The van der Waals surface area contributed by atoms with Crippen molar-refractivity contribution in [3.63, 3.8) is 0 Å². The highest BCUT2D eigenvalue weighted by atomic mass is 32.2. The Balaban J connectivity index is 1.37. The van der Waals surface area contributed by atoms with Crippen molar-refractivity contribution in [2.24, 2.45) is 4.99 Å². The van der Waals surface area contributed by atoms with E-state index in [1.54, 1.807) is 11.3 Å². The minimum absolute atomic E-state index is 0.206. The van der Waals surface area contributed by atoms with Crippen molar-refractivity contribution in [1.82, 2.24) is 0 Å². The summed E-state index contributed by atoms with van der Waals surface area (Å²) in [5.74, 6) is -0.206. The van der Waals surface area contributed by atoms with E-state index in [-0.39, 0.29) is 5.91 Å². The van der Waals surface area contributed by atoms with E-state index in [2.05, 4.69) is 47.5 Å². The Morgan fingerprint density at radius 3 is 2.06 bits per heavy atom. The summed E-state index contributed by atoms with van der Waals surface area (Å²) < 4.78 is 2.52. The Hall–Kier alpha value is -3.67. The molecular weight excluding hydrogens is 444 g/mol. The van der Waals surface area contributed by atoms with Crippen LogP contribution in [0.4, 0.5) is 11.4 Å². The number of fused-ring (bicyclic) bond motifs is 3. The van der Waals surface area contributed by atoms with Gasteiger partial charge in [0.1, 0.15) is 0 Å². The SMILES string of the molecule is O=C1N=C(N(c2ccccc2)c2ccccc2)S/C1=C/c1ccc2sc3ccccc3c2c1. The van der Waals surface area contributed by atoms with Crippen LogP contribution in [0.2, 0.25) is 0 Å². The number of para-hydroxylation sites is 2. The van der Waals surface area contributed by atoms with Gasteiger partial charge in [-0.25, -0.2) is 0 Å². The average Bonchev–Trinajstić information content (AvgIpc) is 3.40. The number of hydrogen-bond acceptors (Lipinski definition) is 4. The van der Waals surface area contributed by atoms with Gasteiger partial charge in [-0.3, -0.25) is 9.69 Å². The zero-order valence-corrected chi connectivity index (χ0v) is 19.1. The van der Waals surface area contributed by atoms with Crippen LogP contribution >= 0.6 is 23.1 Å². The van der Waals surface area contributed by atoms with Crippen molar-refractivity contribution in [3.8, 4) is 0 Å². The summed E-state index contributed by atoms with van der Waals surface area (Å²) in [6, 6.07) is 34.8. The predicted octanol–water partition coefficient (Wildman–Crippen LogP) is 7.86. The second-order valence-corrected chi connectivity index (χ2v) is 9.76. The maximum atomic E-state index is 12.9. The van der Waals surface area contributed by atoms with E-state index in [1.165, 1.54) is 31.9 Å². The van der Waals surface area contributed by atoms with Gasteiger partial charge < -0.3 is 0 Å². The van der Waals surface area contributed by atoms with Crippen molar-refractivity contribution in [3.05, 3.63) is 114 Å². The third-order valence-corrected chi connectivity index (χ3v) is 7.65. The van der Waals surface area contributed by atoms with Crippen LogP contribution < -0.4 is 4.90 Å². The Kier molecular flexibility index (Phi) is 5.06. The zero-order valence-electron chi connectivity index (χ0n) is 17.5. The first-order valence-corrected chi connectivity index (χ1v) is 12.2. The number of amides is 1. The predicted molar refractivity (Wildman–Crippen MR) is 142 cm³/mol. The molecule has 33 heavy (non-hydrogen) atoms. The van der Waals surface area contributed by atoms with Crippen LogP contribution in [0.3, 0.4) is 0 Å². The van der Waals surface area contributed by atoms with Crippen LogP contribution in [0, 0.1) is 0 Å². The molecule has 0 unspecified atom stereocenters. The highest BCUT2D eigenvalue weighted by molar-refractivity contribution is 8.18. The first-order valence-electron chi connectivity index (χ1n) is 10.6. The van der Waals surface area contributed by atoms with Crippen molar-refractivity contribution in [2.75, 3.05) is 4.90 Å². The first-order chi connectivity index (χ1) is 16.3. The summed E-state index contributed by atoms with van der Waals surface area (Å²) in [7, 11) is 0. The van der Waals surface area contributed by atoms with Gasteiger partial charge in [-0.1, -0.05) is 60.7 Å². The molecule has 0 fully saturated rings. The van der Waals surface area contributed by atoms with E-state index < -0.39 is 0 Å². The van der Waals surface area contributed by atoms with E-state index in [0.29, 0.717) is 10.1 Å². The quantitative estimate of drug-likeness (QED) is 0.256. The fourth-order valence-corrected chi connectivity index (χ4v) is 6.04. The normalized spacial score (nSPS) is 14.8. The summed E-state index contributed by atoms with van der Waals surface area (Å²) in [5, 5.41) is 3.13. The summed E-state index contributed by atoms with van der Waals surface area (Å²) in [6.07, 6.45) is 1.95. The molecule has 4 aromatic carbocycles. The molecule has 0 saturated carbocycles. The van der Waals surface area contributed by atoms with Crippen LogP contribution in [-0.2, 0) is 4.79 Å².